The monoisotopic (exact) mass is 304 g/mol. The highest BCUT2D eigenvalue weighted by Crippen LogP contribution is 2.36. The van der Waals surface area contributed by atoms with Gasteiger partial charge in [0.05, 0.1) is 11.3 Å². The van der Waals surface area contributed by atoms with Crippen molar-refractivity contribution in [3.05, 3.63) is 22.9 Å². The molecule has 1 aromatic rings. The number of aromatic nitrogens is 1. The van der Waals surface area contributed by atoms with Crippen molar-refractivity contribution in [3.8, 4) is 0 Å². The lowest BCUT2D eigenvalue weighted by Crippen LogP contribution is -2.13. The molecule has 1 aromatic heterocycles. The Balaban J connectivity index is 3.39. The summed E-state index contributed by atoms with van der Waals surface area (Å²) in [6, 6.07) is 0.337. The van der Waals surface area contributed by atoms with Crippen molar-refractivity contribution < 1.29 is 22.0 Å². The summed E-state index contributed by atoms with van der Waals surface area (Å²) < 4.78 is 61.9. The van der Waals surface area contributed by atoms with Crippen LogP contribution in [0.4, 0.5) is 27.8 Å². The highest BCUT2D eigenvalue weighted by atomic mass is 79.9. The Morgan fingerprint density at radius 3 is 2.31 bits per heavy atom. The molecule has 90 valence electrons. The zero-order valence-corrected chi connectivity index (χ0v) is 9.24. The molecule has 16 heavy (non-hydrogen) atoms. The number of hydrogen-bond donors (Lipinski definition) is 1. The second-order valence-corrected chi connectivity index (χ2v) is 3.45. The zero-order chi connectivity index (χ0) is 12.5. The third kappa shape index (κ3) is 2.60. The SMILES string of the molecule is Nc1nc(CBr)c(C(F)F)cc1C(F)(F)F. The first-order valence-corrected chi connectivity index (χ1v) is 5.10. The summed E-state index contributed by atoms with van der Waals surface area (Å²) in [5.41, 5.74) is 2.76. The van der Waals surface area contributed by atoms with E-state index in [1.807, 2.05) is 0 Å². The average molecular weight is 305 g/mol. The summed E-state index contributed by atoms with van der Waals surface area (Å²) in [6.45, 7) is 0. The molecule has 0 aromatic carbocycles. The first-order chi connectivity index (χ1) is 7.27. The lowest BCUT2D eigenvalue weighted by molar-refractivity contribution is -0.137. The minimum atomic E-state index is -4.79. The fraction of sp³-hybridized carbons (Fsp3) is 0.375. The minimum Gasteiger partial charge on any atom is -0.383 e. The highest BCUT2D eigenvalue weighted by Gasteiger charge is 2.35. The smallest absolute Gasteiger partial charge is 0.383 e. The zero-order valence-electron chi connectivity index (χ0n) is 7.65. The van der Waals surface area contributed by atoms with Crippen LogP contribution in [0.15, 0.2) is 6.07 Å². The molecule has 2 nitrogen and oxygen atoms in total. The standard InChI is InChI=1S/C8H6BrF5N2/c9-2-5-3(6(10)11)1-4(7(15)16-5)8(12,13)14/h1,6H,2H2,(H2,15,16). The van der Waals surface area contributed by atoms with Crippen LogP contribution in [0.1, 0.15) is 23.2 Å². The molecule has 0 bridgehead atoms. The molecular formula is C8H6BrF5N2. The van der Waals surface area contributed by atoms with Crippen LogP contribution in [0.2, 0.25) is 0 Å². The summed E-state index contributed by atoms with van der Waals surface area (Å²) in [4.78, 5) is 3.31. The van der Waals surface area contributed by atoms with Crippen LogP contribution in [0.3, 0.4) is 0 Å². The first-order valence-electron chi connectivity index (χ1n) is 3.98. The van der Waals surface area contributed by atoms with Crippen molar-refractivity contribution in [1.82, 2.24) is 4.98 Å². The molecule has 0 amide bonds. The lowest BCUT2D eigenvalue weighted by Gasteiger charge is -2.13. The second-order valence-electron chi connectivity index (χ2n) is 2.89. The topological polar surface area (TPSA) is 38.9 Å². The van der Waals surface area contributed by atoms with E-state index in [2.05, 4.69) is 20.9 Å². The molecular weight excluding hydrogens is 299 g/mol. The molecule has 0 aliphatic heterocycles. The Morgan fingerprint density at radius 2 is 1.94 bits per heavy atom. The number of nitrogens with two attached hydrogens (primary N) is 1. The third-order valence-corrected chi connectivity index (χ3v) is 2.36. The van der Waals surface area contributed by atoms with Crippen LogP contribution in [0.5, 0.6) is 0 Å². The van der Waals surface area contributed by atoms with Crippen molar-refractivity contribution in [2.24, 2.45) is 0 Å². The Labute approximate surface area is 95.8 Å². The maximum absolute atomic E-state index is 12.4. The number of halogens is 6. The summed E-state index contributed by atoms with van der Waals surface area (Å²) in [7, 11) is 0. The van der Waals surface area contributed by atoms with E-state index in [1.165, 1.54) is 0 Å². The number of alkyl halides is 6. The number of anilines is 1. The normalized spacial score (nSPS) is 12.2. The largest absolute Gasteiger partial charge is 0.419 e. The summed E-state index contributed by atoms with van der Waals surface area (Å²) in [5, 5.41) is -0.0883. The second kappa shape index (κ2) is 4.52. The van der Waals surface area contributed by atoms with Gasteiger partial charge in [-0.05, 0) is 6.07 Å². The van der Waals surface area contributed by atoms with E-state index in [0.29, 0.717) is 6.07 Å². The lowest BCUT2D eigenvalue weighted by atomic mass is 10.1. The highest BCUT2D eigenvalue weighted by molar-refractivity contribution is 9.08. The first kappa shape index (κ1) is 13.1. The van der Waals surface area contributed by atoms with E-state index in [-0.39, 0.29) is 11.0 Å². The maximum Gasteiger partial charge on any atom is 0.419 e. The van der Waals surface area contributed by atoms with E-state index in [4.69, 9.17) is 5.73 Å². The van der Waals surface area contributed by atoms with Crippen LogP contribution in [0.25, 0.3) is 0 Å². The predicted octanol–water partition coefficient (Wildman–Crippen LogP) is 3.52. The van der Waals surface area contributed by atoms with Gasteiger partial charge >= 0.3 is 6.18 Å². The van der Waals surface area contributed by atoms with Gasteiger partial charge in [-0.25, -0.2) is 13.8 Å². The van der Waals surface area contributed by atoms with Crippen molar-refractivity contribution in [2.75, 3.05) is 5.73 Å². The van der Waals surface area contributed by atoms with E-state index < -0.39 is 29.5 Å². The molecule has 0 radical (unpaired) electrons. The molecule has 0 saturated heterocycles. The van der Waals surface area contributed by atoms with Crippen LogP contribution < -0.4 is 5.73 Å². The van der Waals surface area contributed by atoms with Gasteiger partial charge in [-0.1, -0.05) is 15.9 Å². The summed E-state index contributed by atoms with van der Waals surface area (Å²) >= 11 is 2.85. The van der Waals surface area contributed by atoms with Gasteiger partial charge in [0, 0.05) is 10.9 Å². The van der Waals surface area contributed by atoms with Crippen LogP contribution in [-0.2, 0) is 11.5 Å². The number of pyridine rings is 1. The molecule has 0 unspecified atom stereocenters. The average Bonchev–Trinajstić information content (AvgIpc) is 2.14. The predicted molar refractivity (Wildman–Crippen MR) is 51.2 cm³/mol. The number of nitrogen functional groups attached to an aromatic ring is 1. The van der Waals surface area contributed by atoms with E-state index >= 15 is 0 Å². The Morgan fingerprint density at radius 1 is 1.38 bits per heavy atom. The molecule has 1 rings (SSSR count). The Hall–Kier alpha value is -0.920. The van der Waals surface area contributed by atoms with Crippen LogP contribution in [-0.4, -0.2) is 4.98 Å². The van der Waals surface area contributed by atoms with Crippen LogP contribution >= 0.6 is 15.9 Å². The van der Waals surface area contributed by atoms with Gasteiger partial charge in [0.1, 0.15) is 5.82 Å². The molecule has 0 spiro atoms. The number of hydrogen-bond acceptors (Lipinski definition) is 2. The van der Waals surface area contributed by atoms with E-state index in [1.54, 1.807) is 0 Å². The van der Waals surface area contributed by atoms with Crippen molar-refractivity contribution in [3.63, 3.8) is 0 Å². The molecule has 0 atom stereocenters. The van der Waals surface area contributed by atoms with Gasteiger partial charge in [-0.15, -0.1) is 0 Å². The van der Waals surface area contributed by atoms with Gasteiger partial charge in [0.2, 0.25) is 0 Å². The molecule has 0 fully saturated rings. The molecule has 1 heterocycles. The fourth-order valence-corrected chi connectivity index (χ4v) is 1.56. The van der Waals surface area contributed by atoms with E-state index in [0.717, 1.165) is 0 Å². The van der Waals surface area contributed by atoms with Gasteiger partial charge in [0.25, 0.3) is 6.43 Å². The van der Waals surface area contributed by atoms with E-state index in [9.17, 15) is 22.0 Å². The maximum atomic E-state index is 12.4. The Kier molecular flexibility index (Phi) is 3.72. The third-order valence-electron chi connectivity index (χ3n) is 1.83. The van der Waals surface area contributed by atoms with Gasteiger partial charge in [-0.3, -0.25) is 0 Å². The van der Waals surface area contributed by atoms with Gasteiger partial charge in [0.15, 0.2) is 0 Å². The van der Waals surface area contributed by atoms with Crippen molar-refractivity contribution in [1.29, 1.82) is 0 Å². The summed E-state index contributed by atoms with van der Waals surface area (Å²) in [6.07, 6.45) is -7.81. The van der Waals surface area contributed by atoms with Gasteiger partial charge < -0.3 is 5.73 Å². The minimum absolute atomic E-state index is 0.0883. The van der Waals surface area contributed by atoms with Gasteiger partial charge in [-0.2, -0.15) is 13.2 Å². The fourth-order valence-electron chi connectivity index (χ4n) is 1.11. The molecule has 0 aliphatic rings. The molecule has 0 aliphatic carbocycles. The molecule has 2 N–H and O–H groups in total. The van der Waals surface area contributed by atoms with Crippen molar-refractivity contribution in [2.45, 2.75) is 17.9 Å². The Bertz CT molecular complexity index is 391. The quantitative estimate of drug-likeness (QED) is 0.671. The van der Waals surface area contributed by atoms with Crippen LogP contribution in [0, 0.1) is 0 Å². The van der Waals surface area contributed by atoms with Crippen molar-refractivity contribution >= 4 is 21.7 Å². The summed E-state index contributed by atoms with van der Waals surface area (Å²) in [5.74, 6) is -0.800. The number of nitrogens with zero attached hydrogens (tertiary/aromatic N) is 1. The molecule has 0 saturated carbocycles. The molecule has 8 heteroatoms. The number of rotatable bonds is 2.